The number of hydrogen-bond donors (Lipinski definition) is 2. The molecule has 0 bridgehead atoms. The molecule has 2 aromatic carbocycles. The molecule has 0 unspecified atom stereocenters. The molecule has 1 saturated carbocycles. The minimum atomic E-state index is -0.697. The molecule has 1 fully saturated rings. The number of aryl methyl sites for hydroxylation is 1. The van der Waals surface area contributed by atoms with Crippen LogP contribution in [0.25, 0.3) is 11.5 Å². The second kappa shape index (κ2) is 13.9. The molecule has 0 aliphatic heterocycles. The van der Waals surface area contributed by atoms with E-state index < -0.39 is 6.04 Å². The van der Waals surface area contributed by atoms with Gasteiger partial charge >= 0.3 is 0 Å². The number of methoxy groups -OCH3 is 1. The fourth-order valence-electron chi connectivity index (χ4n) is 4.75. The Balaban J connectivity index is 1.34. The summed E-state index contributed by atoms with van der Waals surface area (Å²) in [6, 6.07) is 14.6. The minimum absolute atomic E-state index is 0.00961. The monoisotopic (exact) mass is 550 g/mol. The highest BCUT2D eigenvalue weighted by Gasteiger charge is 2.32. The average molecular weight is 551 g/mol. The number of carbonyl (C=O) groups is 3. The van der Waals surface area contributed by atoms with Gasteiger partial charge in [-0.15, -0.1) is 11.8 Å². The highest BCUT2D eigenvalue weighted by molar-refractivity contribution is 7.99. The Bertz CT molecular complexity index is 1270. The van der Waals surface area contributed by atoms with Gasteiger partial charge in [0.1, 0.15) is 11.8 Å². The molecular formula is C29H34N4O5S. The molecule has 9 nitrogen and oxygen atoms in total. The summed E-state index contributed by atoms with van der Waals surface area (Å²) in [5.74, 6) is 1.81. The first-order valence-corrected chi connectivity index (χ1v) is 14.3. The topological polar surface area (TPSA) is 123 Å². The Kier molecular flexibility index (Phi) is 10.1. The number of Topliss-reactive ketones (excluding diaryl/α,β-unsaturated/α-hetero) is 1. The van der Waals surface area contributed by atoms with Gasteiger partial charge in [0, 0.05) is 16.9 Å². The normalized spacial score (nSPS) is 14.1. The first-order valence-electron chi connectivity index (χ1n) is 13.1. The molecule has 2 amide bonds. The molecule has 0 spiro atoms. The first kappa shape index (κ1) is 28.4. The second-order valence-electron chi connectivity index (χ2n) is 9.67. The van der Waals surface area contributed by atoms with E-state index in [4.69, 9.17) is 9.26 Å². The lowest BCUT2D eigenvalue weighted by Crippen LogP contribution is -2.51. The summed E-state index contributed by atoms with van der Waals surface area (Å²) in [6.45, 7) is 1.68. The number of carbonyl (C=O) groups excluding carboxylic acids is 3. The van der Waals surface area contributed by atoms with Gasteiger partial charge in [-0.25, -0.2) is 0 Å². The molecule has 0 radical (unpaired) electrons. The number of ether oxygens (including phenoxy) is 1. The molecule has 1 aliphatic carbocycles. The summed E-state index contributed by atoms with van der Waals surface area (Å²) in [6.07, 6.45) is 3.75. The van der Waals surface area contributed by atoms with Gasteiger partial charge in [0.2, 0.25) is 11.8 Å². The van der Waals surface area contributed by atoms with Gasteiger partial charge in [-0.05, 0) is 49.4 Å². The van der Waals surface area contributed by atoms with Crippen LogP contribution >= 0.6 is 11.8 Å². The first-order chi connectivity index (χ1) is 18.9. The fraction of sp³-hybridized carbons (Fsp3) is 0.414. The van der Waals surface area contributed by atoms with Crippen molar-refractivity contribution in [1.29, 1.82) is 0 Å². The van der Waals surface area contributed by atoms with E-state index in [0.29, 0.717) is 34.3 Å². The second-order valence-corrected chi connectivity index (χ2v) is 10.7. The van der Waals surface area contributed by atoms with Crippen LogP contribution in [0.3, 0.4) is 0 Å². The molecule has 1 atom stereocenters. The number of thioether (sulfide) groups is 1. The van der Waals surface area contributed by atoms with Crippen molar-refractivity contribution >= 4 is 29.4 Å². The molecule has 1 heterocycles. The molecule has 0 saturated heterocycles. The van der Waals surface area contributed by atoms with E-state index in [1.54, 1.807) is 25.1 Å². The molecular weight excluding hydrogens is 516 g/mol. The van der Waals surface area contributed by atoms with Crippen LogP contribution in [0.5, 0.6) is 5.75 Å². The number of rotatable bonds is 13. The highest BCUT2D eigenvalue weighted by Crippen LogP contribution is 2.29. The van der Waals surface area contributed by atoms with Crippen LogP contribution in [0, 0.1) is 12.8 Å². The largest absolute Gasteiger partial charge is 0.496 e. The minimum Gasteiger partial charge on any atom is -0.496 e. The van der Waals surface area contributed by atoms with Crippen LogP contribution in [-0.2, 0) is 26.6 Å². The zero-order valence-electron chi connectivity index (χ0n) is 22.3. The van der Waals surface area contributed by atoms with Crippen molar-refractivity contribution in [3.8, 4) is 17.2 Å². The van der Waals surface area contributed by atoms with Gasteiger partial charge in [0.05, 0.1) is 25.8 Å². The summed E-state index contributed by atoms with van der Waals surface area (Å²) < 4.78 is 10.7. The number of nitrogens with one attached hydrogen (secondary N) is 2. The molecule has 4 rings (SSSR count). The summed E-state index contributed by atoms with van der Waals surface area (Å²) in [4.78, 5) is 43.0. The quantitative estimate of drug-likeness (QED) is 0.329. The Morgan fingerprint density at radius 2 is 1.90 bits per heavy atom. The van der Waals surface area contributed by atoms with Crippen molar-refractivity contribution < 1.29 is 23.6 Å². The van der Waals surface area contributed by atoms with E-state index in [-0.39, 0.29) is 36.5 Å². The zero-order chi connectivity index (χ0) is 27.6. The third kappa shape index (κ3) is 8.16. The molecule has 39 heavy (non-hydrogen) atoms. The zero-order valence-corrected chi connectivity index (χ0v) is 23.1. The maximum absolute atomic E-state index is 13.1. The van der Waals surface area contributed by atoms with Gasteiger partial charge in [0.25, 0.3) is 5.89 Å². The SMILES string of the molecule is COc1ccc(-c2nc(C)no2)cc1CC(=O)N[C@H](C(=O)NCC(=O)CSCc1ccccc1)C1CCCC1. The van der Waals surface area contributed by atoms with E-state index in [1.165, 1.54) is 18.9 Å². The number of amides is 2. The van der Waals surface area contributed by atoms with Gasteiger partial charge in [0.15, 0.2) is 11.6 Å². The van der Waals surface area contributed by atoms with Crippen LogP contribution in [0.1, 0.15) is 42.6 Å². The van der Waals surface area contributed by atoms with Crippen LogP contribution in [0.15, 0.2) is 53.1 Å². The molecule has 10 heteroatoms. The van der Waals surface area contributed by atoms with E-state index >= 15 is 0 Å². The highest BCUT2D eigenvalue weighted by atomic mass is 32.2. The predicted molar refractivity (Wildman–Crippen MR) is 149 cm³/mol. The van der Waals surface area contributed by atoms with Crippen LogP contribution in [-0.4, -0.2) is 53.2 Å². The summed E-state index contributed by atoms with van der Waals surface area (Å²) >= 11 is 1.52. The van der Waals surface area contributed by atoms with E-state index in [9.17, 15) is 14.4 Å². The van der Waals surface area contributed by atoms with Crippen LogP contribution in [0.4, 0.5) is 0 Å². The molecule has 2 N–H and O–H groups in total. The van der Waals surface area contributed by atoms with Crippen LogP contribution < -0.4 is 15.4 Å². The number of ketones is 1. The lowest BCUT2D eigenvalue weighted by molar-refractivity contribution is -0.130. The third-order valence-electron chi connectivity index (χ3n) is 6.71. The summed E-state index contributed by atoms with van der Waals surface area (Å²) in [5.41, 5.74) is 2.46. The lowest BCUT2D eigenvalue weighted by atomic mass is 9.96. The predicted octanol–water partition coefficient (Wildman–Crippen LogP) is 3.89. The average Bonchev–Trinajstić information content (AvgIpc) is 3.63. The van der Waals surface area contributed by atoms with E-state index in [0.717, 1.165) is 37.0 Å². The van der Waals surface area contributed by atoms with Gasteiger partial charge in [-0.1, -0.05) is 48.3 Å². The van der Waals surface area contributed by atoms with Crippen molar-refractivity contribution in [2.75, 3.05) is 19.4 Å². The molecule has 3 aromatic rings. The van der Waals surface area contributed by atoms with Crippen molar-refractivity contribution in [3.63, 3.8) is 0 Å². The van der Waals surface area contributed by atoms with E-state index in [1.807, 2.05) is 30.3 Å². The maximum atomic E-state index is 13.1. The molecule has 1 aliphatic rings. The summed E-state index contributed by atoms with van der Waals surface area (Å²) in [7, 11) is 1.54. The van der Waals surface area contributed by atoms with Gasteiger partial charge < -0.3 is 19.9 Å². The number of benzene rings is 2. The van der Waals surface area contributed by atoms with E-state index in [2.05, 4.69) is 20.8 Å². The smallest absolute Gasteiger partial charge is 0.257 e. The Labute approximate surface area is 232 Å². The Hall–Kier alpha value is -3.66. The van der Waals surface area contributed by atoms with Gasteiger partial charge in [-0.2, -0.15) is 4.98 Å². The van der Waals surface area contributed by atoms with Gasteiger partial charge in [-0.3, -0.25) is 14.4 Å². The number of aromatic nitrogens is 2. The van der Waals surface area contributed by atoms with Crippen molar-refractivity contribution in [2.45, 2.75) is 50.8 Å². The van der Waals surface area contributed by atoms with Crippen molar-refractivity contribution in [1.82, 2.24) is 20.8 Å². The lowest BCUT2D eigenvalue weighted by Gasteiger charge is -2.24. The Morgan fingerprint density at radius 1 is 1.13 bits per heavy atom. The maximum Gasteiger partial charge on any atom is 0.257 e. The summed E-state index contributed by atoms with van der Waals surface area (Å²) in [5, 5.41) is 9.52. The molecule has 206 valence electrons. The standard InChI is InChI=1S/C29H34N4O5S/c1-19-31-29(38-33-19)22-12-13-25(37-2)23(14-22)15-26(35)32-27(21-10-6-7-11-21)28(36)30-16-24(34)18-39-17-20-8-4-3-5-9-20/h3-5,8-9,12-14,21,27H,6-7,10-11,15-18H2,1-2H3,(H,30,36)(H,32,35)/t27-/m0/s1. The molecule has 1 aromatic heterocycles. The Morgan fingerprint density at radius 3 is 2.59 bits per heavy atom. The number of nitrogens with zero attached hydrogens (tertiary/aromatic N) is 2. The third-order valence-corrected chi connectivity index (χ3v) is 7.77. The fourth-order valence-corrected chi connectivity index (χ4v) is 5.61. The number of hydrogen-bond acceptors (Lipinski definition) is 8. The van der Waals surface area contributed by atoms with Crippen molar-refractivity contribution in [2.24, 2.45) is 5.92 Å². The van der Waals surface area contributed by atoms with Crippen LogP contribution in [0.2, 0.25) is 0 Å². The van der Waals surface area contributed by atoms with Crippen molar-refractivity contribution in [3.05, 3.63) is 65.5 Å².